The van der Waals surface area contributed by atoms with Gasteiger partial charge < -0.3 is 9.80 Å². The van der Waals surface area contributed by atoms with Crippen LogP contribution in [0.15, 0.2) is 24.3 Å². The maximum Gasteiger partial charge on any atom is 0.228 e. The monoisotopic (exact) mass is 348 g/mol. The van der Waals surface area contributed by atoms with Crippen LogP contribution in [-0.2, 0) is 16.0 Å². The summed E-state index contributed by atoms with van der Waals surface area (Å²) in [6.07, 6.45) is 3.58. The average molecular weight is 349 g/mol. The van der Waals surface area contributed by atoms with Gasteiger partial charge in [0.25, 0.3) is 0 Å². The lowest BCUT2D eigenvalue weighted by Crippen LogP contribution is -2.39. The van der Waals surface area contributed by atoms with Crippen LogP contribution < -0.4 is 0 Å². The maximum atomic E-state index is 12.9. The van der Waals surface area contributed by atoms with Crippen molar-refractivity contribution in [3.8, 4) is 0 Å². The highest BCUT2D eigenvalue weighted by atomic mass is 35.5. The third-order valence-electron chi connectivity index (χ3n) is 5.40. The molecule has 1 aromatic carbocycles. The molecule has 1 saturated heterocycles. The van der Waals surface area contributed by atoms with E-state index in [0.29, 0.717) is 5.92 Å². The highest BCUT2D eigenvalue weighted by Crippen LogP contribution is 2.50. The highest BCUT2D eigenvalue weighted by molar-refractivity contribution is 6.31. The van der Waals surface area contributed by atoms with Crippen LogP contribution in [0.5, 0.6) is 0 Å². The van der Waals surface area contributed by atoms with Gasteiger partial charge in [0.15, 0.2) is 0 Å². The van der Waals surface area contributed by atoms with Crippen LogP contribution >= 0.6 is 11.6 Å². The number of rotatable bonds is 5. The maximum absolute atomic E-state index is 12.9. The number of halogens is 1. The van der Waals surface area contributed by atoms with Crippen molar-refractivity contribution in [2.75, 3.05) is 26.7 Å². The van der Waals surface area contributed by atoms with Gasteiger partial charge in [0.2, 0.25) is 11.8 Å². The van der Waals surface area contributed by atoms with Crippen molar-refractivity contribution < 1.29 is 9.59 Å². The summed E-state index contributed by atoms with van der Waals surface area (Å²) >= 11 is 6.26. The Morgan fingerprint density at radius 3 is 2.62 bits per heavy atom. The number of hydrogen-bond acceptors (Lipinski definition) is 2. The molecule has 1 saturated carbocycles. The van der Waals surface area contributed by atoms with Gasteiger partial charge in [-0.25, -0.2) is 0 Å². The molecular formula is C19H25ClN2O2. The van der Waals surface area contributed by atoms with Crippen LogP contribution in [0.25, 0.3) is 0 Å². The van der Waals surface area contributed by atoms with Crippen molar-refractivity contribution in [1.82, 2.24) is 9.80 Å². The molecule has 0 spiro atoms. The molecule has 130 valence electrons. The minimum Gasteiger partial charge on any atom is -0.345 e. The molecule has 2 fully saturated rings. The molecule has 4 nitrogen and oxygen atoms in total. The molecule has 0 aromatic heterocycles. The molecule has 1 aliphatic carbocycles. The summed E-state index contributed by atoms with van der Waals surface area (Å²) in [4.78, 5) is 28.1. The van der Waals surface area contributed by atoms with Crippen LogP contribution in [0.1, 0.15) is 31.7 Å². The summed E-state index contributed by atoms with van der Waals surface area (Å²) in [5, 5.41) is 0.743. The molecule has 5 heteroatoms. The lowest BCUT2D eigenvalue weighted by molar-refractivity contribution is -0.136. The first-order valence-electron chi connectivity index (χ1n) is 8.66. The summed E-state index contributed by atoms with van der Waals surface area (Å²) in [6, 6.07) is 7.79. The summed E-state index contributed by atoms with van der Waals surface area (Å²) in [5.74, 6) is 0.742. The molecule has 2 aliphatic rings. The standard InChI is InChI=1S/C19H25ClN2O2/c1-14(23)22-10-7-15(13-22)12-21(2)18(24)19(8-9-19)11-16-5-3-4-6-17(16)20/h3-6,15H,7-13H2,1-2H3/t15-/m1/s1. The van der Waals surface area contributed by atoms with E-state index in [4.69, 9.17) is 11.6 Å². The van der Waals surface area contributed by atoms with E-state index in [1.54, 1.807) is 6.92 Å². The quantitative estimate of drug-likeness (QED) is 0.820. The SMILES string of the molecule is CC(=O)N1CC[C@H](CN(C)C(=O)C2(Cc3ccccc3Cl)CC2)C1. The Bertz CT molecular complexity index is 642. The van der Waals surface area contributed by atoms with E-state index >= 15 is 0 Å². The van der Waals surface area contributed by atoms with Gasteiger partial charge in [0.1, 0.15) is 0 Å². The summed E-state index contributed by atoms with van der Waals surface area (Å²) in [5.41, 5.74) is 0.792. The van der Waals surface area contributed by atoms with Crippen LogP contribution in [0, 0.1) is 11.3 Å². The molecule has 0 radical (unpaired) electrons. The van der Waals surface area contributed by atoms with E-state index in [0.717, 1.165) is 55.9 Å². The van der Waals surface area contributed by atoms with Crippen molar-refractivity contribution in [2.45, 2.75) is 32.6 Å². The Morgan fingerprint density at radius 1 is 1.33 bits per heavy atom. The van der Waals surface area contributed by atoms with E-state index in [1.165, 1.54) is 0 Å². The van der Waals surface area contributed by atoms with E-state index in [9.17, 15) is 9.59 Å². The predicted molar refractivity (Wildman–Crippen MR) is 94.8 cm³/mol. The minimum atomic E-state index is -0.265. The highest BCUT2D eigenvalue weighted by Gasteiger charge is 2.51. The van der Waals surface area contributed by atoms with E-state index in [2.05, 4.69) is 0 Å². The number of carbonyl (C=O) groups is 2. The van der Waals surface area contributed by atoms with E-state index in [1.807, 2.05) is 41.1 Å². The molecule has 24 heavy (non-hydrogen) atoms. The second-order valence-corrected chi connectivity index (χ2v) is 7.76. The van der Waals surface area contributed by atoms with Gasteiger partial charge in [0, 0.05) is 38.6 Å². The second-order valence-electron chi connectivity index (χ2n) is 7.35. The largest absolute Gasteiger partial charge is 0.345 e. The lowest BCUT2D eigenvalue weighted by Gasteiger charge is -2.26. The van der Waals surface area contributed by atoms with Crippen molar-refractivity contribution in [3.05, 3.63) is 34.9 Å². The molecule has 2 amide bonds. The average Bonchev–Trinajstić information content (AvgIpc) is 3.18. The fourth-order valence-corrected chi connectivity index (χ4v) is 3.97. The topological polar surface area (TPSA) is 40.6 Å². The third kappa shape index (κ3) is 3.59. The number of likely N-dealkylation sites (tertiary alicyclic amines) is 1. The van der Waals surface area contributed by atoms with Crippen molar-refractivity contribution in [3.63, 3.8) is 0 Å². The zero-order chi connectivity index (χ0) is 17.3. The van der Waals surface area contributed by atoms with Crippen LogP contribution in [0.2, 0.25) is 5.02 Å². The third-order valence-corrected chi connectivity index (χ3v) is 5.77. The molecule has 0 bridgehead atoms. The van der Waals surface area contributed by atoms with E-state index in [-0.39, 0.29) is 17.2 Å². The molecule has 0 unspecified atom stereocenters. The normalized spacial score (nSPS) is 21.6. The Labute approximate surface area is 148 Å². The smallest absolute Gasteiger partial charge is 0.228 e. The molecule has 1 heterocycles. The lowest BCUT2D eigenvalue weighted by atomic mass is 9.94. The molecule has 1 aromatic rings. The summed E-state index contributed by atoms with van der Waals surface area (Å²) < 4.78 is 0. The predicted octanol–water partition coefficient (Wildman–Crippen LogP) is 2.99. The first-order valence-corrected chi connectivity index (χ1v) is 9.03. The summed E-state index contributed by atoms with van der Waals surface area (Å²) in [7, 11) is 1.89. The van der Waals surface area contributed by atoms with Gasteiger partial charge in [-0.15, -0.1) is 0 Å². The van der Waals surface area contributed by atoms with Gasteiger partial charge >= 0.3 is 0 Å². The fourth-order valence-electron chi connectivity index (χ4n) is 3.77. The first kappa shape index (κ1) is 17.3. The Hall–Kier alpha value is -1.55. The number of carbonyl (C=O) groups excluding carboxylic acids is 2. The molecule has 1 atom stereocenters. The van der Waals surface area contributed by atoms with Gasteiger partial charge in [-0.05, 0) is 43.2 Å². The molecule has 1 aliphatic heterocycles. The summed E-state index contributed by atoms with van der Waals surface area (Å²) in [6.45, 7) is 3.92. The van der Waals surface area contributed by atoms with Crippen LogP contribution in [0.4, 0.5) is 0 Å². The van der Waals surface area contributed by atoms with Crippen LogP contribution in [-0.4, -0.2) is 48.3 Å². The number of nitrogens with zero attached hydrogens (tertiary/aromatic N) is 2. The minimum absolute atomic E-state index is 0.129. The van der Waals surface area contributed by atoms with Gasteiger partial charge in [0.05, 0.1) is 5.41 Å². The van der Waals surface area contributed by atoms with Gasteiger partial charge in [-0.3, -0.25) is 9.59 Å². The van der Waals surface area contributed by atoms with E-state index < -0.39 is 0 Å². The molecule has 0 N–H and O–H groups in total. The number of benzene rings is 1. The van der Waals surface area contributed by atoms with Crippen molar-refractivity contribution in [1.29, 1.82) is 0 Å². The molecular weight excluding hydrogens is 324 g/mol. The first-order chi connectivity index (χ1) is 11.4. The zero-order valence-corrected chi connectivity index (χ0v) is 15.2. The van der Waals surface area contributed by atoms with Gasteiger partial charge in [-0.2, -0.15) is 0 Å². The van der Waals surface area contributed by atoms with Crippen molar-refractivity contribution in [2.24, 2.45) is 11.3 Å². The Kier molecular flexibility index (Phi) is 4.86. The number of amides is 2. The second kappa shape index (κ2) is 6.75. The Balaban J connectivity index is 1.59. The van der Waals surface area contributed by atoms with Crippen LogP contribution in [0.3, 0.4) is 0 Å². The zero-order valence-electron chi connectivity index (χ0n) is 14.4. The molecule has 3 rings (SSSR count). The Morgan fingerprint density at radius 2 is 2.04 bits per heavy atom. The fraction of sp³-hybridized carbons (Fsp3) is 0.579. The number of hydrogen-bond donors (Lipinski definition) is 0. The van der Waals surface area contributed by atoms with Crippen molar-refractivity contribution >= 4 is 23.4 Å². The van der Waals surface area contributed by atoms with Gasteiger partial charge in [-0.1, -0.05) is 29.8 Å².